The Morgan fingerprint density at radius 2 is 1.86 bits per heavy atom. The Morgan fingerprint density at radius 3 is 2.50 bits per heavy atom. The van der Waals surface area contributed by atoms with E-state index in [9.17, 15) is 9.18 Å². The van der Waals surface area contributed by atoms with E-state index in [2.05, 4.69) is 5.32 Å². The number of amides is 1. The minimum absolute atomic E-state index is 0.140. The molecule has 0 atom stereocenters. The van der Waals surface area contributed by atoms with Gasteiger partial charge in [0.25, 0.3) is 0 Å². The molecule has 2 rings (SSSR count). The second-order valence-electron chi connectivity index (χ2n) is 4.87. The molecule has 5 heteroatoms. The number of hydrogen-bond acceptors (Lipinski definition) is 2. The number of halogens is 2. The topological polar surface area (TPSA) is 38.3 Å². The monoisotopic (exact) mass is 321 g/mol. The molecule has 0 heterocycles. The predicted octanol–water partition coefficient (Wildman–Crippen LogP) is 3.39. The van der Waals surface area contributed by atoms with Gasteiger partial charge in [-0.15, -0.1) is 0 Å². The maximum absolute atomic E-state index is 13.5. The molecule has 0 fully saturated rings. The second kappa shape index (κ2) is 7.80. The van der Waals surface area contributed by atoms with Gasteiger partial charge < -0.3 is 10.1 Å². The molecule has 0 saturated carbocycles. The Bertz CT molecular complexity index is 644. The smallest absolute Gasteiger partial charge is 0.224 e. The lowest BCUT2D eigenvalue weighted by Gasteiger charge is -2.07. The Hall–Kier alpha value is -2.07. The van der Waals surface area contributed by atoms with Crippen LogP contribution in [0, 0.1) is 5.82 Å². The van der Waals surface area contributed by atoms with Crippen LogP contribution in [0.3, 0.4) is 0 Å². The summed E-state index contributed by atoms with van der Waals surface area (Å²) in [5, 5.41) is 3.51. The van der Waals surface area contributed by atoms with Crippen LogP contribution in [-0.2, 0) is 17.6 Å². The molecule has 22 heavy (non-hydrogen) atoms. The van der Waals surface area contributed by atoms with Crippen molar-refractivity contribution in [3.8, 4) is 5.75 Å². The molecule has 0 aliphatic carbocycles. The van der Waals surface area contributed by atoms with Gasteiger partial charge in [0, 0.05) is 11.6 Å². The van der Waals surface area contributed by atoms with Gasteiger partial charge in [-0.3, -0.25) is 4.79 Å². The van der Waals surface area contributed by atoms with E-state index in [1.165, 1.54) is 19.2 Å². The first-order valence-corrected chi connectivity index (χ1v) is 7.30. The van der Waals surface area contributed by atoms with Crippen molar-refractivity contribution in [3.63, 3.8) is 0 Å². The third-order valence-corrected chi connectivity index (χ3v) is 3.48. The maximum Gasteiger partial charge on any atom is 0.224 e. The molecule has 3 nitrogen and oxygen atoms in total. The SMILES string of the molecule is COc1ccc(CC(=O)NCCc2ccc(Cl)cc2)cc1F. The van der Waals surface area contributed by atoms with Crippen LogP contribution in [0.15, 0.2) is 42.5 Å². The molecule has 1 N–H and O–H groups in total. The first kappa shape index (κ1) is 16.3. The molecule has 0 aliphatic heterocycles. The van der Waals surface area contributed by atoms with Gasteiger partial charge in [-0.05, 0) is 41.8 Å². The van der Waals surface area contributed by atoms with Crippen LogP contribution in [0.25, 0.3) is 0 Å². The molecular weight excluding hydrogens is 305 g/mol. The van der Waals surface area contributed by atoms with Crippen LogP contribution in [0.1, 0.15) is 11.1 Å². The normalized spacial score (nSPS) is 10.3. The van der Waals surface area contributed by atoms with E-state index >= 15 is 0 Å². The molecule has 1 amide bonds. The molecular formula is C17H17ClFNO2. The summed E-state index contributed by atoms with van der Waals surface area (Å²) >= 11 is 5.81. The zero-order valence-corrected chi connectivity index (χ0v) is 13.0. The van der Waals surface area contributed by atoms with Crippen molar-refractivity contribution < 1.29 is 13.9 Å². The highest BCUT2D eigenvalue weighted by molar-refractivity contribution is 6.30. The Balaban J connectivity index is 1.80. The number of carbonyl (C=O) groups excluding carboxylic acids is 1. The molecule has 0 radical (unpaired) electrons. The number of ether oxygens (including phenoxy) is 1. The van der Waals surface area contributed by atoms with Crippen molar-refractivity contribution in [2.24, 2.45) is 0 Å². The Labute approximate surface area is 134 Å². The summed E-state index contributed by atoms with van der Waals surface area (Å²) in [4.78, 5) is 11.8. The van der Waals surface area contributed by atoms with Gasteiger partial charge in [-0.2, -0.15) is 0 Å². The molecule has 2 aromatic rings. The summed E-state index contributed by atoms with van der Waals surface area (Å²) in [5.41, 5.74) is 1.71. The first-order valence-electron chi connectivity index (χ1n) is 6.92. The van der Waals surface area contributed by atoms with Crippen LogP contribution in [-0.4, -0.2) is 19.6 Å². The van der Waals surface area contributed by atoms with Gasteiger partial charge in [-0.25, -0.2) is 4.39 Å². The minimum Gasteiger partial charge on any atom is -0.494 e. The summed E-state index contributed by atoms with van der Waals surface area (Å²) in [7, 11) is 1.40. The highest BCUT2D eigenvalue weighted by Crippen LogP contribution is 2.17. The van der Waals surface area contributed by atoms with Crippen molar-refractivity contribution >= 4 is 17.5 Å². The number of rotatable bonds is 6. The number of benzene rings is 2. The van der Waals surface area contributed by atoms with Crippen molar-refractivity contribution in [3.05, 3.63) is 64.4 Å². The van der Waals surface area contributed by atoms with E-state index < -0.39 is 5.82 Å². The zero-order chi connectivity index (χ0) is 15.9. The molecule has 0 unspecified atom stereocenters. The number of carbonyl (C=O) groups is 1. The standard InChI is InChI=1S/C17H17ClFNO2/c1-22-16-7-4-13(10-15(16)19)11-17(21)20-9-8-12-2-5-14(18)6-3-12/h2-7,10H,8-9,11H2,1H3,(H,20,21). The van der Waals surface area contributed by atoms with Crippen LogP contribution in [0.2, 0.25) is 5.02 Å². The van der Waals surface area contributed by atoms with E-state index in [0.29, 0.717) is 17.1 Å². The summed E-state index contributed by atoms with van der Waals surface area (Å²) in [5.74, 6) is -0.431. The van der Waals surface area contributed by atoms with Crippen LogP contribution >= 0.6 is 11.6 Å². The van der Waals surface area contributed by atoms with Crippen molar-refractivity contribution in [1.29, 1.82) is 0 Å². The fraction of sp³-hybridized carbons (Fsp3) is 0.235. The van der Waals surface area contributed by atoms with Gasteiger partial charge in [0.1, 0.15) is 0 Å². The van der Waals surface area contributed by atoms with Crippen molar-refractivity contribution in [2.75, 3.05) is 13.7 Å². The molecule has 2 aromatic carbocycles. The van der Waals surface area contributed by atoms with E-state index in [1.807, 2.05) is 24.3 Å². The summed E-state index contributed by atoms with van der Waals surface area (Å²) in [6, 6.07) is 12.0. The average molecular weight is 322 g/mol. The highest BCUT2D eigenvalue weighted by atomic mass is 35.5. The zero-order valence-electron chi connectivity index (χ0n) is 12.2. The van der Waals surface area contributed by atoms with E-state index in [-0.39, 0.29) is 18.1 Å². The molecule has 0 aromatic heterocycles. The Kier molecular flexibility index (Phi) is 5.78. The average Bonchev–Trinajstić information content (AvgIpc) is 2.49. The van der Waals surface area contributed by atoms with Crippen molar-refractivity contribution in [1.82, 2.24) is 5.32 Å². The molecule has 0 spiro atoms. The fourth-order valence-corrected chi connectivity index (χ4v) is 2.19. The van der Waals surface area contributed by atoms with E-state index in [4.69, 9.17) is 16.3 Å². The molecule has 116 valence electrons. The van der Waals surface area contributed by atoms with Gasteiger partial charge >= 0.3 is 0 Å². The highest BCUT2D eigenvalue weighted by Gasteiger charge is 2.07. The quantitative estimate of drug-likeness (QED) is 0.885. The second-order valence-corrected chi connectivity index (χ2v) is 5.31. The predicted molar refractivity (Wildman–Crippen MR) is 84.8 cm³/mol. The van der Waals surface area contributed by atoms with Crippen LogP contribution in [0.5, 0.6) is 5.75 Å². The van der Waals surface area contributed by atoms with Gasteiger partial charge in [0.05, 0.1) is 13.5 Å². The van der Waals surface area contributed by atoms with Crippen LogP contribution in [0.4, 0.5) is 4.39 Å². The third kappa shape index (κ3) is 4.74. The summed E-state index contributed by atoms with van der Waals surface area (Å²) < 4.78 is 18.4. The van der Waals surface area contributed by atoms with Crippen molar-refractivity contribution in [2.45, 2.75) is 12.8 Å². The summed E-state index contributed by atoms with van der Waals surface area (Å²) in [6.45, 7) is 0.527. The Morgan fingerprint density at radius 1 is 1.18 bits per heavy atom. The fourth-order valence-electron chi connectivity index (χ4n) is 2.07. The largest absolute Gasteiger partial charge is 0.494 e. The lowest BCUT2D eigenvalue weighted by Crippen LogP contribution is -2.27. The third-order valence-electron chi connectivity index (χ3n) is 3.23. The molecule has 0 bridgehead atoms. The van der Waals surface area contributed by atoms with Gasteiger partial charge in [0.15, 0.2) is 11.6 Å². The number of hydrogen-bond donors (Lipinski definition) is 1. The van der Waals surface area contributed by atoms with Crippen LogP contribution < -0.4 is 10.1 Å². The van der Waals surface area contributed by atoms with Gasteiger partial charge in [0.2, 0.25) is 5.91 Å². The number of methoxy groups -OCH3 is 1. The number of nitrogens with one attached hydrogen (secondary N) is 1. The molecule has 0 aliphatic rings. The maximum atomic E-state index is 13.5. The van der Waals surface area contributed by atoms with E-state index in [1.54, 1.807) is 6.07 Å². The lowest BCUT2D eigenvalue weighted by molar-refractivity contribution is -0.120. The summed E-state index contributed by atoms with van der Waals surface area (Å²) in [6.07, 6.45) is 0.863. The van der Waals surface area contributed by atoms with Gasteiger partial charge in [-0.1, -0.05) is 29.8 Å². The lowest BCUT2D eigenvalue weighted by atomic mass is 10.1. The molecule has 0 saturated heterocycles. The first-order chi connectivity index (χ1) is 10.6. The van der Waals surface area contributed by atoms with E-state index in [0.717, 1.165) is 12.0 Å². The minimum atomic E-state index is -0.464.